The molecule has 0 saturated carbocycles. The van der Waals surface area contributed by atoms with Crippen molar-refractivity contribution in [2.24, 2.45) is 0 Å². The summed E-state index contributed by atoms with van der Waals surface area (Å²) in [6.45, 7) is 5.85. The van der Waals surface area contributed by atoms with Gasteiger partial charge in [-0.1, -0.05) is 18.8 Å². The van der Waals surface area contributed by atoms with E-state index in [-0.39, 0.29) is 18.4 Å². The van der Waals surface area contributed by atoms with Crippen LogP contribution in [-0.4, -0.2) is 36.1 Å². The molecule has 5 nitrogen and oxygen atoms in total. The molecule has 0 spiro atoms. The molecule has 1 heterocycles. The van der Waals surface area contributed by atoms with Gasteiger partial charge in [-0.25, -0.2) is 0 Å². The summed E-state index contributed by atoms with van der Waals surface area (Å²) in [5, 5.41) is 14.1. The Morgan fingerprint density at radius 2 is 2.19 bits per heavy atom. The minimum Gasteiger partial charge on any atom is -0.384 e. The van der Waals surface area contributed by atoms with E-state index >= 15 is 0 Å². The van der Waals surface area contributed by atoms with Gasteiger partial charge in [-0.2, -0.15) is 0 Å². The van der Waals surface area contributed by atoms with Crippen LogP contribution in [0, 0.1) is 18.8 Å². The van der Waals surface area contributed by atoms with Crippen LogP contribution in [0.1, 0.15) is 40.4 Å². The predicted octanol–water partition coefficient (Wildman–Crippen LogP) is 1.04. The number of carbonyl (C=O) groups is 2. The third-order valence-corrected chi connectivity index (χ3v) is 3.86. The Labute approximate surface area is 128 Å². The number of aliphatic hydroxyl groups is 1. The zero-order valence-corrected chi connectivity index (χ0v) is 13.3. The fourth-order valence-electron chi connectivity index (χ4n) is 1.57. The molecule has 0 aromatic carbocycles. The van der Waals surface area contributed by atoms with Crippen molar-refractivity contribution in [3.63, 3.8) is 0 Å². The van der Waals surface area contributed by atoms with E-state index in [1.165, 1.54) is 11.3 Å². The number of carbonyl (C=O) groups excluding carboxylic acids is 2. The molecule has 3 N–H and O–H groups in total. The molecule has 0 aliphatic carbocycles. The van der Waals surface area contributed by atoms with Crippen molar-refractivity contribution in [3.05, 3.63) is 21.4 Å². The summed E-state index contributed by atoms with van der Waals surface area (Å²) in [5.74, 6) is 4.87. The Morgan fingerprint density at radius 3 is 2.81 bits per heavy atom. The fourth-order valence-corrected chi connectivity index (χ4v) is 2.52. The molecule has 0 aliphatic rings. The molecular formula is C15H20N2O3S. The van der Waals surface area contributed by atoms with Crippen molar-refractivity contribution in [3.8, 4) is 11.8 Å². The largest absolute Gasteiger partial charge is 0.384 e. The normalized spacial score (nSPS) is 11.2. The first-order chi connectivity index (χ1) is 9.99. The summed E-state index contributed by atoms with van der Waals surface area (Å²) in [6.07, 6.45) is 0.851. The van der Waals surface area contributed by atoms with Crippen LogP contribution in [0.2, 0.25) is 0 Å². The van der Waals surface area contributed by atoms with E-state index in [1.54, 1.807) is 13.0 Å². The minimum atomic E-state index is -0.585. The Hall–Kier alpha value is -1.84. The molecule has 0 radical (unpaired) electrons. The monoisotopic (exact) mass is 308 g/mol. The van der Waals surface area contributed by atoms with E-state index in [0.29, 0.717) is 11.4 Å². The van der Waals surface area contributed by atoms with Crippen molar-refractivity contribution in [1.82, 2.24) is 10.6 Å². The number of hydrogen-bond donors (Lipinski definition) is 3. The molecule has 1 atom stereocenters. The van der Waals surface area contributed by atoms with E-state index in [4.69, 9.17) is 5.11 Å². The highest BCUT2D eigenvalue weighted by Gasteiger charge is 2.18. The lowest BCUT2D eigenvalue weighted by Gasteiger charge is -2.12. The smallest absolute Gasteiger partial charge is 0.262 e. The van der Waals surface area contributed by atoms with Crippen LogP contribution in [0.5, 0.6) is 0 Å². The average molecular weight is 308 g/mol. The third-order valence-electron chi connectivity index (χ3n) is 2.71. The van der Waals surface area contributed by atoms with Gasteiger partial charge in [0.25, 0.3) is 5.91 Å². The molecular weight excluding hydrogens is 288 g/mol. The zero-order chi connectivity index (χ0) is 15.8. The number of nitrogens with one attached hydrogen (secondary N) is 2. The highest BCUT2D eigenvalue weighted by Crippen LogP contribution is 2.20. The fraction of sp³-hybridized carbons (Fsp3) is 0.467. The molecule has 2 amide bonds. The Bertz CT molecular complexity index is 569. The van der Waals surface area contributed by atoms with Crippen LogP contribution in [0.15, 0.2) is 6.07 Å². The minimum absolute atomic E-state index is 0.196. The molecule has 1 rings (SSSR count). The average Bonchev–Trinajstić information content (AvgIpc) is 2.83. The summed E-state index contributed by atoms with van der Waals surface area (Å²) in [5.41, 5.74) is 0.884. The number of aliphatic hydroxyl groups excluding tert-OH is 1. The summed E-state index contributed by atoms with van der Waals surface area (Å²) in [6, 6.07) is 1.15. The first-order valence-corrected chi connectivity index (χ1v) is 7.60. The van der Waals surface area contributed by atoms with Crippen LogP contribution in [-0.2, 0) is 4.79 Å². The highest BCUT2D eigenvalue weighted by molar-refractivity contribution is 7.14. The SMILES string of the molecule is CCCNC(=O)C(C)NC(=O)c1cc(C)c(C#CCO)s1. The van der Waals surface area contributed by atoms with E-state index in [1.807, 2.05) is 13.8 Å². The first-order valence-electron chi connectivity index (χ1n) is 6.78. The summed E-state index contributed by atoms with van der Waals surface area (Å²) in [4.78, 5) is 25.1. The number of hydrogen-bond acceptors (Lipinski definition) is 4. The van der Waals surface area contributed by atoms with Crippen LogP contribution in [0.25, 0.3) is 0 Å². The van der Waals surface area contributed by atoms with Crippen molar-refractivity contribution in [2.75, 3.05) is 13.2 Å². The van der Waals surface area contributed by atoms with Crippen molar-refractivity contribution in [1.29, 1.82) is 0 Å². The number of rotatable bonds is 5. The topological polar surface area (TPSA) is 78.4 Å². The van der Waals surface area contributed by atoms with E-state index in [2.05, 4.69) is 22.5 Å². The van der Waals surface area contributed by atoms with E-state index in [9.17, 15) is 9.59 Å². The third kappa shape index (κ3) is 5.21. The predicted molar refractivity (Wildman–Crippen MR) is 83.2 cm³/mol. The van der Waals surface area contributed by atoms with Crippen LogP contribution >= 0.6 is 11.3 Å². The molecule has 1 aromatic rings. The number of amides is 2. The second kappa shape index (κ2) is 8.45. The van der Waals surface area contributed by atoms with Gasteiger partial charge < -0.3 is 15.7 Å². The number of thiophene rings is 1. The lowest BCUT2D eigenvalue weighted by atomic mass is 10.2. The molecule has 114 valence electrons. The Balaban J connectivity index is 2.69. The zero-order valence-electron chi connectivity index (χ0n) is 12.4. The standard InChI is InChI=1S/C15H20N2O3S/c1-4-7-16-14(19)11(3)17-15(20)13-9-10(2)12(21-13)6-5-8-18/h9,11,18H,4,7-8H2,1-3H3,(H,16,19)(H,17,20). The quantitative estimate of drug-likeness (QED) is 0.711. The highest BCUT2D eigenvalue weighted by atomic mass is 32.1. The van der Waals surface area contributed by atoms with Gasteiger partial charge in [0.05, 0.1) is 9.75 Å². The molecule has 1 unspecified atom stereocenters. The maximum atomic E-state index is 12.1. The van der Waals surface area contributed by atoms with Crippen LogP contribution < -0.4 is 10.6 Å². The van der Waals surface area contributed by atoms with Crippen LogP contribution in [0.4, 0.5) is 0 Å². The van der Waals surface area contributed by atoms with Gasteiger partial charge in [0, 0.05) is 6.54 Å². The van der Waals surface area contributed by atoms with Gasteiger partial charge >= 0.3 is 0 Å². The van der Waals surface area contributed by atoms with Gasteiger partial charge in [0.1, 0.15) is 12.6 Å². The molecule has 0 saturated heterocycles. The van der Waals surface area contributed by atoms with E-state index in [0.717, 1.165) is 16.9 Å². The molecule has 21 heavy (non-hydrogen) atoms. The second-order valence-corrected chi connectivity index (χ2v) is 5.62. The van der Waals surface area contributed by atoms with E-state index < -0.39 is 6.04 Å². The molecule has 0 bridgehead atoms. The van der Waals surface area contributed by atoms with Crippen molar-refractivity contribution >= 4 is 23.2 Å². The lowest BCUT2D eigenvalue weighted by Crippen LogP contribution is -2.44. The van der Waals surface area contributed by atoms with Gasteiger partial charge in [0.15, 0.2) is 0 Å². The molecule has 6 heteroatoms. The van der Waals surface area contributed by atoms with Gasteiger partial charge in [-0.05, 0) is 31.9 Å². The summed E-state index contributed by atoms with van der Waals surface area (Å²) < 4.78 is 0. The second-order valence-electron chi connectivity index (χ2n) is 4.57. The maximum absolute atomic E-state index is 12.1. The van der Waals surface area contributed by atoms with Crippen molar-refractivity contribution in [2.45, 2.75) is 33.2 Å². The van der Waals surface area contributed by atoms with Crippen LogP contribution in [0.3, 0.4) is 0 Å². The van der Waals surface area contributed by atoms with Gasteiger partial charge in [-0.15, -0.1) is 11.3 Å². The lowest BCUT2D eigenvalue weighted by molar-refractivity contribution is -0.122. The summed E-state index contributed by atoms with van der Waals surface area (Å²) in [7, 11) is 0. The van der Waals surface area contributed by atoms with Crippen molar-refractivity contribution < 1.29 is 14.7 Å². The molecule has 0 fully saturated rings. The van der Waals surface area contributed by atoms with Gasteiger partial charge in [0.2, 0.25) is 5.91 Å². The number of aryl methyl sites for hydroxylation is 1. The molecule has 0 aliphatic heterocycles. The summed E-state index contributed by atoms with van der Waals surface area (Å²) >= 11 is 1.25. The first kappa shape index (κ1) is 17.2. The van der Waals surface area contributed by atoms with Gasteiger partial charge in [-0.3, -0.25) is 9.59 Å². The maximum Gasteiger partial charge on any atom is 0.262 e. The Morgan fingerprint density at radius 1 is 1.48 bits per heavy atom. The molecule has 1 aromatic heterocycles. The Kier molecular flexibility index (Phi) is 6.92.